The molecule has 1 aliphatic rings. The van der Waals surface area contributed by atoms with Crippen molar-refractivity contribution in [3.8, 4) is 11.4 Å². The number of hydrogen-bond acceptors (Lipinski definition) is 4. The van der Waals surface area contributed by atoms with Crippen molar-refractivity contribution in [2.75, 3.05) is 25.0 Å². The molecule has 0 aliphatic carbocycles. The minimum atomic E-state index is 0.282. The summed E-state index contributed by atoms with van der Waals surface area (Å²) in [6.45, 7) is 6.76. The highest BCUT2D eigenvalue weighted by molar-refractivity contribution is 5.77. The zero-order chi connectivity index (χ0) is 24.2. The molecule has 0 radical (unpaired) electrons. The minimum absolute atomic E-state index is 0.282. The summed E-state index contributed by atoms with van der Waals surface area (Å²) in [5.41, 5.74) is 3.27. The Hall–Kier alpha value is -2.43. The van der Waals surface area contributed by atoms with Crippen LogP contribution in [-0.4, -0.2) is 40.9 Å². The second kappa shape index (κ2) is 14.1. The molecule has 0 atom stereocenters. The van der Waals surface area contributed by atoms with Crippen LogP contribution in [0.25, 0.3) is 11.4 Å². The first-order chi connectivity index (χ1) is 16.6. The lowest BCUT2D eigenvalue weighted by atomic mass is 10.0. The van der Waals surface area contributed by atoms with Crippen LogP contribution in [0, 0.1) is 0 Å². The van der Waals surface area contributed by atoms with Crippen molar-refractivity contribution < 1.29 is 4.79 Å². The Labute approximate surface area is 207 Å². The van der Waals surface area contributed by atoms with Gasteiger partial charge >= 0.3 is 0 Å². The Kier molecular flexibility index (Phi) is 10.8. The van der Waals surface area contributed by atoms with Crippen LogP contribution >= 0.6 is 0 Å². The van der Waals surface area contributed by atoms with E-state index < -0.39 is 0 Å². The minimum Gasteiger partial charge on any atom is -0.359 e. The molecule has 0 N–H and O–H groups in total. The summed E-state index contributed by atoms with van der Waals surface area (Å²) >= 11 is 0. The van der Waals surface area contributed by atoms with Crippen molar-refractivity contribution in [2.24, 2.45) is 0 Å². The van der Waals surface area contributed by atoms with Crippen LogP contribution in [0.3, 0.4) is 0 Å². The van der Waals surface area contributed by atoms with Crippen molar-refractivity contribution in [1.29, 1.82) is 0 Å². The first kappa shape index (κ1) is 26.2. The van der Waals surface area contributed by atoms with Crippen LogP contribution in [0.5, 0.6) is 0 Å². The van der Waals surface area contributed by atoms with Gasteiger partial charge in [-0.05, 0) is 12.8 Å². The maximum absolute atomic E-state index is 13.0. The van der Waals surface area contributed by atoms with Crippen LogP contribution in [-0.2, 0) is 17.8 Å². The molecule has 1 aromatic carbocycles. The molecule has 0 saturated heterocycles. The topological polar surface area (TPSA) is 49.3 Å². The predicted octanol–water partition coefficient (Wildman–Crippen LogP) is 6.80. The van der Waals surface area contributed by atoms with Crippen LogP contribution in [0.4, 0.5) is 5.82 Å². The van der Waals surface area contributed by atoms with E-state index in [0.717, 1.165) is 67.2 Å². The Morgan fingerprint density at radius 2 is 1.59 bits per heavy atom. The lowest BCUT2D eigenvalue weighted by Gasteiger charge is -2.32. The molecule has 0 bridgehead atoms. The monoisotopic (exact) mass is 464 g/mol. The number of aromatic nitrogens is 2. The number of rotatable bonds is 14. The third kappa shape index (κ3) is 7.54. The van der Waals surface area contributed by atoms with Crippen LogP contribution in [0.2, 0.25) is 0 Å². The Morgan fingerprint density at radius 1 is 0.912 bits per heavy atom. The average molecular weight is 465 g/mol. The van der Waals surface area contributed by atoms with Crippen LogP contribution in [0.15, 0.2) is 30.3 Å². The highest BCUT2D eigenvalue weighted by Gasteiger charge is 2.26. The molecule has 1 amide bonds. The van der Waals surface area contributed by atoms with Gasteiger partial charge in [0.25, 0.3) is 0 Å². The number of unbranched alkanes of at least 4 members (excludes halogenated alkanes) is 8. The summed E-state index contributed by atoms with van der Waals surface area (Å²) in [5, 5.41) is 0. The van der Waals surface area contributed by atoms with Gasteiger partial charge < -0.3 is 9.80 Å². The van der Waals surface area contributed by atoms with E-state index in [1.807, 2.05) is 23.1 Å². The molecule has 2 heterocycles. The van der Waals surface area contributed by atoms with Crippen LogP contribution < -0.4 is 4.90 Å². The number of benzene rings is 1. The van der Waals surface area contributed by atoms with Gasteiger partial charge in [0.15, 0.2) is 5.82 Å². The van der Waals surface area contributed by atoms with Gasteiger partial charge in [0.2, 0.25) is 5.91 Å². The molecular formula is C29H44N4O. The smallest absolute Gasteiger partial charge is 0.222 e. The van der Waals surface area contributed by atoms with Gasteiger partial charge in [-0.2, -0.15) is 0 Å². The average Bonchev–Trinajstić information content (AvgIpc) is 2.87. The molecule has 34 heavy (non-hydrogen) atoms. The highest BCUT2D eigenvalue weighted by atomic mass is 16.2. The van der Waals surface area contributed by atoms with Gasteiger partial charge in [-0.3, -0.25) is 4.79 Å². The summed E-state index contributed by atoms with van der Waals surface area (Å²) < 4.78 is 0. The van der Waals surface area contributed by atoms with E-state index in [0.29, 0.717) is 13.0 Å². The maximum Gasteiger partial charge on any atom is 0.222 e. The normalized spacial score (nSPS) is 13.1. The molecule has 3 rings (SSSR count). The third-order valence-electron chi connectivity index (χ3n) is 6.84. The lowest BCUT2D eigenvalue weighted by molar-refractivity contribution is -0.132. The fraction of sp³-hybridized carbons (Fsp3) is 0.621. The molecule has 0 fully saturated rings. The van der Waals surface area contributed by atoms with Crippen molar-refractivity contribution in [2.45, 2.75) is 97.4 Å². The van der Waals surface area contributed by atoms with E-state index in [9.17, 15) is 4.79 Å². The number of anilines is 1. The zero-order valence-electron chi connectivity index (χ0n) is 21.7. The zero-order valence-corrected chi connectivity index (χ0v) is 21.7. The number of fused-ring (bicyclic) bond motifs is 1. The summed E-state index contributed by atoms with van der Waals surface area (Å²) in [5.74, 6) is 2.04. The second-order valence-electron chi connectivity index (χ2n) is 9.73. The van der Waals surface area contributed by atoms with E-state index in [-0.39, 0.29) is 5.91 Å². The molecule has 5 nitrogen and oxygen atoms in total. The molecular weight excluding hydrogens is 420 g/mol. The van der Waals surface area contributed by atoms with Gasteiger partial charge in [0, 0.05) is 44.1 Å². The Bertz CT molecular complexity index is 883. The summed E-state index contributed by atoms with van der Waals surface area (Å²) in [6.07, 6.45) is 14.0. The second-order valence-corrected chi connectivity index (χ2v) is 9.73. The maximum atomic E-state index is 13.0. The summed E-state index contributed by atoms with van der Waals surface area (Å²) in [4.78, 5) is 27.1. The van der Waals surface area contributed by atoms with Crippen LogP contribution in [0.1, 0.15) is 95.7 Å². The van der Waals surface area contributed by atoms with Gasteiger partial charge in [-0.25, -0.2) is 9.97 Å². The molecule has 5 heteroatoms. The molecule has 186 valence electrons. The number of hydrogen-bond donors (Lipinski definition) is 0. The number of carbonyl (C=O) groups is 1. The van der Waals surface area contributed by atoms with Gasteiger partial charge in [-0.15, -0.1) is 0 Å². The predicted molar refractivity (Wildman–Crippen MR) is 142 cm³/mol. The van der Waals surface area contributed by atoms with E-state index in [2.05, 4.69) is 37.9 Å². The van der Waals surface area contributed by atoms with Crippen molar-refractivity contribution in [3.63, 3.8) is 0 Å². The lowest BCUT2D eigenvalue weighted by Crippen LogP contribution is -2.37. The molecule has 0 spiro atoms. The van der Waals surface area contributed by atoms with E-state index in [1.165, 1.54) is 44.9 Å². The molecule has 1 aromatic heterocycles. The van der Waals surface area contributed by atoms with E-state index in [1.54, 1.807) is 0 Å². The molecule has 2 aromatic rings. The largest absolute Gasteiger partial charge is 0.359 e. The Balaban J connectivity index is 1.58. The number of nitrogens with zero attached hydrogens (tertiary/aromatic N) is 4. The fourth-order valence-electron chi connectivity index (χ4n) is 4.83. The van der Waals surface area contributed by atoms with Crippen molar-refractivity contribution >= 4 is 11.7 Å². The van der Waals surface area contributed by atoms with E-state index >= 15 is 0 Å². The quantitative estimate of drug-likeness (QED) is 0.289. The molecule has 0 unspecified atom stereocenters. The fourth-order valence-corrected chi connectivity index (χ4v) is 4.83. The van der Waals surface area contributed by atoms with Gasteiger partial charge in [0.05, 0.1) is 12.2 Å². The standard InChI is InChI=1S/C29H44N4O/c1-4-6-7-8-9-10-11-12-16-19-27(34)33-22-20-26-25(23-33)29(32(3)21-5-2)31-28(30-26)24-17-14-13-15-18-24/h13-15,17-18H,4-12,16,19-23H2,1-3H3. The first-order valence-electron chi connectivity index (χ1n) is 13.6. The Morgan fingerprint density at radius 3 is 2.26 bits per heavy atom. The molecule has 0 saturated carbocycles. The van der Waals surface area contributed by atoms with Crippen molar-refractivity contribution in [3.05, 3.63) is 41.6 Å². The van der Waals surface area contributed by atoms with Gasteiger partial charge in [-0.1, -0.05) is 95.5 Å². The number of carbonyl (C=O) groups excluding carboxylic acids is 1. The van der Waals surface area contributed by atoms with E-state index in [4.69, 9.17) is 9.97 Å². The first-order valence-corrected chi connectivity index (χ1v) is 13.6. The van der Waals surface area contributed by atoms with Crippen molar-refractivity contribution in [1.82, 2.24) is 14.9 Å². The molecule has 1 aliphatic heterocycles. The third-order valence-corrected chi connectivity index (χ3v) is 6.84. The summed E-state index contributed by atoms with van der Waals surface area (Å²) in [7, 11) is 2.10. The SMILES string of the molecule is CCCCCCCCCCCC(=O)N1CCc2nc(-c3ccccc3)nc(N(C)CCC)c2C1. The van der Waals surface area contributed by atoms with Gasteiger partial charge in [0.1, 0.15) is 5.82 Å². The highest BCUT2D eigenvalue weighted by Crippen LogP contribution is 2.29. The summed E-state index contributed by atoms with van der Waals surface area (Å²) in [6, 6.07) is 10.2. The number of amides is 1.